The summed E-state index contributed by atoms with van der Waals surface area (Å²) >= 11 is 0. The molecule has 1 fully saturated rings. The third-order valence-electron chi connectivity index (χ3n) is 1.21. The van der Waals surface area contributed by atoms with E-state index in [1.807, 2.05) is 0 Å². The minimum atomic E-state index is 0.101. The Morgan fingerprint density at radius 1 is 1.75 bits per heavy atom. The Bertz CT molecular complexity index is 61.4. The maximum Gasteiger partial charge on any atom is 0.135 e. The molecule has 8 heavy (non-hydrogen) atoms. The molecule has 1 aliphatic heterocycles. The van der Waals surface area contributed by atoms with Crippen LogP contribution in [0, 0.1) is 0 Å². The molecule has 0 amide bonds. The standard InChI is InChI=1S/C5H11N2O/c1-8-5-4-6-2-3-7-5/h5-6H,2-4H2,1H3. The second-order valence-electron chi connectivity index (χ2n) is 1.80. The Balaban J connectivity index is 2.13. The summed E-state index contributed by atoms with van der Waals surface area (Å²) < 4.78 is 4.96. The van der Waals surface area contributed by atoms with Crippen molar-refractivity contribution in [2.45, 2.75) is 6.23 Å². The minimum absolute atomic E-state index is 0.101. The molecule has 1 atom stereocenters. The van der Waals surface area contributed by atoms with Gasteiger partial charge in [0.25, 0.3) is 0 Å². The highest BCUT2D eigenvalue weighted by Gasteiger charge is 2.10. The van der Waals surface area contributed by atoms with Gasteiger partial charge < -0.3 is 10.1 Å². The topological polar surface area (TPSA) is 35.4 Å². The molecule has 1 heterocycles. The van der Waals surface area contributed by atoms with Crippen LogP contribution in [0.2, 0.25) is 0 Å². The van der Waals surface area contributed by atoms with E-state index in [4.69, 9.17) is 4.74 Å². The van der Waals surface area contributed by atoms with Crippen molar-refractivity contribution in [1.82, 2.24) is 10.6 Å². The molecular formula is C5H11N2O. The van der Waals surface area contributed by atoms with Gasteiger partial charge in [-0.15, -0.1) is 0 Å². The molecule has 1 N–H and O–H groups in total. The molecule has 0 aromatic rings. The second-order valence-corrected chi connectivity index (χ2v) is 1.80. The fraction of sp³-hybridized carbons (Fsp3) is 1.00. The highest BCUT2D eigenvalue weighted by molar-refractivity contribution is 4.65. The lowest BCUT2D eigenvalue weighted by Gasteiger charge is -2.20. The fourth-order valence-electron chi connectivity index (χ4n) is 0.736. The number of hydrogen-bond acceptors (Lipinski definition) is 2. The van der Waals surface area contributed by atoms with Gasteiger partial charge in [0.15, 0.2) is 0 Å². The average Bonchev–Trinajstić information content (AvgIpc) is 1.90. The van der Waals surface area contributed by atoms with Gasteiger partial charge in [-0.2, -0.15) is 0 Å². The third kappa shape index (κ3) is 1.43. The first-order chi connectivity index (χ1) is 3.93. The summed E-state index contributed by atoms with van der Waals surface area (Å²) in [6.07, 6.45) is 0.101. The van der Waals surface area contributed by atoms with Crippen molar-refractivity contribution < 1.29 is 4.74 Å². The van der Waals surface area contributed by atoms with Gasteiger partial charge in [-0.05, 0) is 0 Å². The summed E-state index contributed by atoms with van der Waals surface area (Å²) in [6, 6.07) is 0. The van der Waals surface area contributed by atoms with E-state index in [9.17, 15) is 0 Å². The summed E-state index contributed by atoms with van der Waals surface area (Å²) in [6.45, 7) is 2.76. The molecule has 0 aromatic heterocycles. The molecule has 47 valence electrons. The van der Waals surface area contributed by atoms with Crippen LogP contribution in [0.4, 0.5) is 0 Å². The number of ether oxygens (including phenoxy) is 1. The zero-order valence-electron chi connectivity index (χ0n) is 5.05. The van der Waals surface area contributed by atoms with Crippen molar-refractivity contribution in [3.63, 3.8) is 0 Å². The summed E-state index contributed by atoms with van der Waals surface area (Å²) in [7, 11) is 1.68. The van der Waals surface area contributed by atoms with Gasteiger partial charge >= 0.3 is 0 Å². The van der Waals surface area contributed by atoms with Crippen molar-refractivity contribution in [3.05, 3.63) is 0 Å². The number of nitrogens with one attached hydrogen (secondary N) is 1. The smallest absolute Gasteiger partial charge is 0.135 e. The van der Waals surface area contributed by atoms with E-state index < -0.39 is 0 Å². The Labute approximate surface area is 49.4 Å². The van der Waals surface area contributed by atoms with Crippen molar-refractivity contribution in [3.8, 4) is 0 Å². The highest BCUT2D eigenvalue weighted by atomic mass is 16.5. The van der Waals surface area contributed by atoms with Crippen LogP contribution < -0.4 is 10.6 Å². The van der Waals surface area contributed by atoms with E-state index in [1.54, 1.807) is 7.11 Å². The molecule has 1 rings (SSSR count). The van der Waals surface area contributed by atoms with E-state index in [1.165, 1.54) is 0 Å². The first-order valence-electron chi connectivity index (χ1n) is 2.83. The van der Waals surface area contributed by atoms with Crippen molar-refractivity contribution in [2.75, 3.05) is 26.7 Å². The molecule has 1 saturated heterocycles. The average molecular weight is 115 g/mol. The first-order valence-corrected chi connectivity index (χ1v) is 2.83. The lowest BCUT2D eigenvalue weighted by atomic mass is 10.4. The van der Waals surface area contributed by atoms with E-state index in [0.29, 0.717) is 0 Å². The number of nitrogens with zero attached hydrogens (tertiary/aromatic N) is 1. The minimum Gasteiger partial charge on any atom is -0.364 e. The van der Waals surface area contributed by atoms with E-state index in [2.05, 4.69) is 10.6 Å². The molecule has 1 radical (unpaired) electrons. The van der Waals surface area contributed by atoms with Crippen LogP contribution in [-0.4, -0.2) is 33.0 Å². The molecule has 0 saturated carbocycles. The van der Waals surface area contributed by atoms with Crippen molar-refractivity contribution in [2.24, 2.45) is 0 Å². The highest BCUT2D eigenvalue weighted by Crippen LogP contribution is 1.87. The molecule has 3 heteroatoms. The van der Waals surface area contributed by atoms with Crippen LogP contribution >= 0.6 is 0 Å². The van der Waals surface area contributed by atoms with Crippen LogP contribution in [0.5, 0.6) is 0 Å². The van der Waals surface area contributed by atoms with E-state index >= 15 is 0 Å². The predicted molar refractivity (Wildman–Crippen MR) is 30.7 cm³/mol. The molecule has 0 aromatic carbocycles. The number of hydrogen-bond donors (Lipinski definition) is 1. The van der Waals surface area contributed by atoms with Crippen LogP contribution in [0.25, 0.3) is 0 Å². The van der Waals surface area contributed by atoms with E-state index in [-0.39, 0.29) is 6.23 Å². The molecular weight excluding hydrogens is 104 g/mol. The van der Waals surface area contributed by atoms with E-state index in [0.717, 1.165) is 19.6 Å². The fourth-order valence-corrected chi connectivity index (χ4v) is 0.736. The predicted octanol–water partition coefficient (Wildman–Crippen LogP) is -0.833. The quantitative estimate of drug-likeness (QED) is 0.484. The lowest BCUT2D eigenvalue weighted by molar-refractivity contribution is 0.0591. The van der Waals surface area contributed by atoms with Crippen molar-refractivity contribution >= 4 is 0 Å². The molecule has 1 aliphatic rings. The largest absolute Gasteiger partial charge is 0.364 e. The Kier molecular flexibility index (Phi) is 2.27. The van der Waals surface area contributed by atoms with Crippen LogP contribution in [0.3, 0.4) is 0 Å². The van der Waals surface area contributed by atoms with Gasteiger partial charge in [0.05, 0.1) is 0 Å². The third-order valence-corrected chi connectivity index (χ3v) is 1.21. The van der Waals surface area contributed by atoms with Gasteiger partial charge in [0.1, 0.15) is 6.23 Å². The summed E-state index contributed by atoms with van der Waals surface area (Å²) in [5.41, 5.74) is 0. The van der Waals surface area contributed by atoms with Gasteiger partial charge in [-0.3, -0.25) is 0 Å². The Hall–Kier alpha value is -0.120. The summed E-state index contributed by atoms with van der Waals surface area (Å²) in [5, 5.41) is 7.33. The SMILES string of the molecule is COC1CNCC[N]1. The van der Waals surface area contributed by atoms with Crippen LogP contribution in [-0.2, 0) is 4.74 Å². The van der Waals surface area contributed by atoms with Crippen LogP contribution in [0.1, 0.15) is 0 Å². The Morgan fingerprint density at radius 3 is 3.00 bits per heavy atom. The van der Waals surface area contributed by atoms with Gasteiger partial charge in [0, 0.05) is 26.7 Å². The van der Waals surface area contributed by atoms with Crippen LogP contribution in [0.15, 0.2) is 0 Å². The van der Waals surface area contributed by atoms with Gasteiger partial charge in [0.2, 0.25) is 0 Å². The molecule has 0 spiro atoms. The second kappa shape index (κ2) is 3.02. The number of piperazine rings is 1. The van der Waals surface area contributed by atoms with Gasteiger partial charge in [-0.25, -0.2) is 5.32 Å². The lowest BCUT2D eigenvalue weighted by Crippen LogP contribution is -2.44. The zero-order chi connectivity index (χ0) is 5.82. The number of rotatable bonds is 1. The normalized spacial score (nSPS) is 30.4. The molecule has 0 aliphatic carbocycles. The number of methoxy groups -OCH3 is 1. The monoisotopic (exact) mass is 115 g/mol. The van der Waals surface area contributed by atoms with Gasteiger partial charge in [-0.1, -0.05) is 0 Å². The maximum absolute atomic E-state index is 4.96. The molecule has 0 bridgehead atoms. The summed E-state index contributed by atoms with van der Waals surface area (Å²) in [4.78, 5) is 0. The zero-order valence-corrected chi connectivity index (χ0v) is 5.05. The molecule has 1 unspecified atom stereocenters. The summed E-state index contributed by atoms with van der Waals surface area (Å²) in [5.74, 6) is 0. The molecule has 3 nitrogen and oxygen atoms in total. The first kappa shape index (κ1) is 6.01. The van der Waals surface area contributed by atoms with Crippen molar-refractivity contribution in [1.29, 1.82) is 0 Å². The Morgan fingerprint density at radius 2 is 2.62 bits per heavy atom. The maximum atomic E-state index is 4.96.